The number of carbonyl (C=O) groups excluding carboxylic acids is 1. The highest BCUT2D eigenvalue weighted by Crippen LogP contribution is 2.17. The molecule has 1 aromatic rings. The van der Waals surface area contributed by atoms with Gasteiger partial charge in [0.15, 0.2) is 0 Å². The molecule has 0 heterocycles. The van der Waals surface area contributed by atoms with Crippen molar-refractivity contribution in [3.05, 3.63) is 29.8 Å². The molecule has 1 fully saturated rings. The Labute approximate surface area is 126 Å². The highest BCUT2D eigenvalue weighted by molar-refractivity contribution is 7.90. The molecule has 1 aromatic carbocycles. The smallest absolute Gasteiger partial charge is 0.264 e. The minimum atomic E-state index is -3.77. The van der Waals surface area contributed by atoms with E-state index in [0.717, 1.165) is 18.4 Å². The normalized spacial score (nSPS) is 16.6. The van der Waals surface area contributed by atoms with Crippen molar-refractivity contribution in [1.82, 2.24) is 10.0 Å². The number of hydrogen-bond donors (Lipinski definition) is 2. The van der Waals surface area contributed by atoms with Crippen LogP contribution < -0.4 is 10.0 Å². The van der Waals surface area contributed by atoms with Crippen LogP contribution in [0.1, 0.15) is 37.7 Å². The molecule has 116 valence electrons. The molecule has 1 aliphatic rings. The molecule has 1 aliphatic carbocycles. The molecular weight excluding hydrogens is 288 g/mol. The van der Waals surface area contributed by atoms with Crippen LogP contribution in [0, 0.1) is 6.92 Å². The van der Waals surface area contributed by atoms with E-state index < -0.39 is 15.9 Å². The summed E-state index contributed by atoms with van der Waals surface area (Å²) in [5.74, 6) is -0.513. The van der Waals surface area contributed by atoms with Crippen LogP contribution in [0.15, 0.2) is 29.2 Å². The second-order valence-electron chi connectivity index (χ2n) is 5.56. The number of benzene rings is 1. The molecule has 2 rings (SSSR count). The number of hydrogen-bond acceptors (Lipinski definition) is 4. The Morgan fingerprint density at radius 3 is 2.38 bits per heavy atom. The summed E-state index contributed by atoms with van der Waals surface area (Å²) in [5, 5.41) is 3.13. The maximum atomic E-state index is 12.0. The third-order valence-electron chi connectivity index (χ3n) is 3.74. The van der Waals surface area contributed by atoms with Crippen LogP contribution in [-0.2, 0) is 14.8 Å². The fourth-order valence-electron chi connectivity index (χ4n) is 2.51. The summed E-state index contributed by atoms with van der Waals surface area (Å²) in [6.45, 7) is 1.92. The van der Waals surface area contributed by atoms with Gasteiger partial charge >= 0.3 is 0 Å². The van der Waals surface area contributed by atoms with Crippen molar-refractivity contribution < 1.29 is 13.2 Å². The maximum Gasteiger partial charge on any atom is 0.264 e. The van der Waals surface area contributed by atoms with Gasteiger partial charge in [-0.15, -0.1) is 0 Å². The molecule has 0 bridgehead atoms. The second kappa shape index (κ2) is 7.04. The Kier molecular flexibility index (Phi) is 5.36. The van der Waals surface area contributed by atoms with Crippen LogP contribution in [0.4, 0.5) is 0 Å². The summed E-state index contributed by atoms with van der Waals surface area (Å²) in [7, 11) is -3.77. The number of rotatable bonds is 5. The van der Waals surface area contributed by atoms with Crippen molar-refractivity contribution in [3.63, 3.8) is 0 Å². The van der Waals surface area contributed by atoms with Crippen molar-refractivity contribution in [2.45, 2.75) is 50.0 Å². The zero-order valence-corrected chi connectivity index (χ0v) is 13.1. The lowest BCUT2D eigenvalue weighted by atomic mass is 9.95. The lowest BCUT2D eigenvalue weighted by Crippen LogP contribution is -2.42. The molecule has 1 saturated carbocycles. The highest BCUT2D eigenvalue weighted by Gasteiger charge is 2.19. The summed E-state index contributed by atoms with van der Waals surface area (Å²) in [5.41, 5.74) is 0.972. The first-order valence-electron chi connectivity index (χ1n) is 7.33. The average molecular weight is 310 g/mol. The highest BCUT2D eigenvalue weighted by atomic mass is 32.2. The summed E-state index contributed by atoms with van der Waals surface area (Å²) < 4.78 is 26.2. The average Bonchev–Trinajstić information content (AvgIpc) is 2.46. The second-order valence-corrected chi connectivity index (χ2v) is 7.24. The van der Waals surface area contributed by atoms with E-state index in [9.17, 15) is 13.2 Å². The lowest BCUT2D eigenvalue weighted by Gasteiger charge is -2.22. The summed E-state index contributed by atoms with van der Waals surface area (Å²) in [4.78, 5) is 11.9. The molecular formula is C15H22N2O3S. The molecule has 21 heavy (non-hydrogen) atoms. The molecule has 0 atom stereocenters. The van der Waals surface area contributed by atoms with E-state index in [2.05, 4.69) is 10.0 Å². The van der Waals surface area contributed by atoms with Crippen molar-refractivity contribution in [2.24, 2.45) is 0 Å². The Morgan fingerprint density at radius 2 is 1.76 bits per heavy atom. The van der Waals surface area contributed by atoms with Gasteiger partial charge in [-0.1, -0.05) is 37.0 Å². The Hall–Kier alpha value is -1.40. The van der Waals surface area contributed by atoms with Gasteiger partial charge in [0.25, 0.3) is 10.0 Å². The SMILES string of the molecule is Cc1ccc(S(=O)(=O)NC(=O)CNC2CCCCC2)cc1. The number of sulfonamides is 1. The molecule has 0 aliphatic heterocycles. The lowest BCUT2D eigenvalue weighted by molar-refractivity contribution is -0.118. The van der Waals surface area contributed by atoms with E-state index in [1.54, 1.807) is 12.1 Å². The Bertz CT molecular complexity index is 575. The molecule has 1 amide bonds. The number of amides is 1. The molecule has 0 unspecified atom stereocenters. The van der Waals surface area contributed by atoms with E-state index in [1.807, 2.05) is 6.92 Å². The predicted octanol–water partition coefficient (Wildman–Crippen LogP) is 1.72. The third kappa shape index (κ3) is 4.82. The first-order chi connectivity index (χ1) is 9.97. The van der Waals surface area contributed by atoms with E-state index in [0.29, 0.717) is 6.04 Å². The first kappa shape index (κ1) is 16.0. The summed E-state index contributed by atoms with van der Waals surface area (Å²) in [6.07, 6.45) is 5.68. The molecule has 0 spiro atoms. The van der Waals surface area contributed by atoms with Crippen molar-refractivity contribution in [2.75, 3.05) is 6.54 Å². The summed E-state index contributed by atoms with van der Waals surface area (Å²) >= 11 is 0. The van der Waals surface area contributed by atoms with Gasteiger partial charge in [0.2, 0.25) is 5.91 Å². The van der Waals surface area contributed by atoms with Gasteiger partial charge < -0.3 is 5.32 Å². The third-order valence-corrected chi connectivity index (χ3v) is 5.13. The van der Waals surface area contributed by atoms with Crippen LogP contribution in [0.2, 0.25) is 0 Å². The van der Waals surface area contributed by atoms with Crippen LogP contribution in [-0.4, -0.2) is 26.9 Å². The van der Waals surface area contributed by atoms with Crippen LogP contribution in [0.5, 0.6) is 0 Å². The zero-order valence-electron chi connectivity index (χ0n) is 12.3. The predicted molar refractivity (Wildman–Crippen MR) is 81.4 cm³/mol. The van der Waals surface area contributed by atoms with Gasteiger partial charge in [0, 0.05) is 6.04 Å². The van der Waals surface area contributed by atoms with Crippen molar-refractivity contribution in [3.8, 4) is 0 Å². The fourth-order valence-corrected chi connectivity index (χ4v) is 3.49. The van der Waals surface area contributed by atoms with Crippen molar-refractivity contribution in [1.29, 1.82) is 0 Å². The molecule has 0 saturated heterocycles. The van der Waals surface area contributed by atoms with E-state index >= 15 is 0 Å². The van der Waals surface area contributed by atoms with Crippen molar-refractivity contribution >= 4 is 15.9 Å². The largest absolute Gasteiger partial charge is 0.306 e. The quantitative estimate of drug-likeness (QED) is 0.868. The van der Waals surface area contributed by atoms with Gasteiger partial charge in [-0.25, -0.2) is 13.1 Å². The fraction of sp³-hybridized carbons (Fsp3) is 0.533. The van der Waals surface area contributed by atoms with Gasteiger partial charge in [-0.3, -0.25) is 4.79 Å². The summed E-state index contributed by atoms with van der Waals surface area (Å²) in [6, 6.07) is 6.74. The number of carbonyl (C=O) groups is 1. The van der Waals surface area contributed by atoms with E-state index in [4.69, 9.17) is 0 Å². The van der Waals surface area contributed by atoms with E-state index in [1.165, 1.54) is 31.4 Å². The number of aryl methyl sites for hydroxylation is 1. The van der Waals surface area contributed by atoms with Gasteiger partial charge in [-0.2, -0.15) is 0 Å². The van der Waals surface area contributed by atoms with Crippen LogP contribution in [0.3, 0.4) is 0 Å². The van der Waals surface area contributed by atoms with Gasteiger partial charge in [0.05, 0.1) is 11.4 Å². The van der Waals surface area contributed by atoms with E-state index in [-0.39, 0.29) is 11.4 Å². The molecule has 6 heteroatoms. The Balaban J connectivity index is 1.87. The maximum absolute atomic E-state index is 12.0. The zero-order chi connectivity index (χ0) is 15.3. The topological polar surface area (TPSA) is 75.3 Å². The molecule has 2 N–H and O–H groups in total. The Morgan fingerprint density at radius 1 is 1.14 bits per heavy atom. The van der Waals surface area contributed by atoms with Gasteiger partial charge in [-0.05, 0) is 31.9 Å². The molecule has 5 nitrogen and oxygen atoms in total. The number of nitrogens with one attached hydrogen (secondary N) is 2. The van der Waals surface area contributed by atoms with Crippen LogP contribution >= 0.6 is 0 Å². The van der Waals surface area contributed by atoms with Gasteiger partial charge in [0.1, 0.15) is 0 Å². The van der Waals surface area contributed by atoms with Crippen LogP contribution in [0.25, 0.3) is 0 Å². The molecule has 0 radical (unpaired) electrons. The standard InChI is InChI=1S/C15H22N2O3S/c1-12-7-9-14(10-8-12)21(19,20)17-15(18)11-16-13-5-3-2-4-6-13/h7-10,13,16H,2-6,11H2,1H3,(H,17,18). The monoisotopic (exact) mass is 310 g/mol. The minimum Gasteiger partial charge on any atom is -0.306 e. The first-order valence-corrected chi connectivity index (χ1v) is 8.81. The molecule has 0 aromatic heterocycles. The minimum absolute atomic E-state index is 0.0375.